The first-order chi connectivity index (χ1) is 9.41. The van der Waals surface area contributed by atoms with E-state index in [-0.39, 0.29) is 11.9 Å². The lowest BCUT2D eigenvalue weighted by Crippen LogP contribution is -2.44. The summed E-state index contributed by atoms with van der Waals surface area (Å²) in [4.78, 5) is 11.4. The molecule has 0 bridgehead atoms. The van der Waals surface area contributed by atoms with Gasteiger partial charge in [-0.05, 0) is 31.6 Å². The summed E-state index contributed by atoms with van der Waals surface area (Å²) in [6, 6.07) is 4.88. The molecule has 2 aliphatic rings. The van der Waals surface area contributed by atoms with Crippen LogP contribution in [-0.4, -0.2) is 23.2 Å². The fraction of sp³-hybridized carbons (Fsp3) is 0.400. The first-order valence-electron chi connectivity index (χ1n) is 6.51. The molecule has 1 fully saturated rings. The molecule has 20 heavy (non-hydrogen) atoms. The maximum Gasteiger partial charge on any atom is 0.400 e. The fourth-order valence-corrected chi connectivity index (χ4v) is 2.77. The number of rotatable bonds is 1. The number of hydrogen-bond acceptors (Lipinski definition) is 5. The Morgan fingerprint density at radius 1 is 1.50 bits per heavy atom. The van der Waals surface area contributed by atoms with Gasteiger partial charge in [0.15, 0.2) is 0 Å². The fourth-order valence-electron chi connectivity index (χ4n) is 2.77. The molecule has 0 spiro atoms. The molecule has 1 aromatic carbocycles. The number of phenolic OH excluding ortho intramolecular Hbond substituents is 1. The molecular weight excluding hydrogens is 260 g/mol. The smallest absolute Gasteiger partial charge is 0.400 e. The van der Waals surface area contributed by atoms with Crippen molar-refractivity contribution >= 4 is 11.5 Å². The summed E-state index contributed by atoms with van der Waals surface area (Å²) in [5.41, 5.74) is 2.65. The lowest BCUT2D eigenvalue weighted by atomic mass is 9.94. The maximum absolute atomic E-state index is 11.4. The van der Waals surface area contributed by atoms with Crippen molar-refractivity contribution in [2.24, 2.45) is 0 Å². The first-order valence-corrected chi connectivity index (χ1v) is 6.51. The van der Waals surface area contributed by atoms with Gasteiger partial charge in [-0.3, -0.25) is 4.79 Å². The Labute approximate surface area is 116 Å². The van der Waals surface area contributed by atoms with Crippen LogP contribution in [0.2, 0.25) is 0 Å². The molecule has 2 atom stereocenters. The molecule has 1 saturated heterocycles. The zero-order valence-electron chi connectivity index (χ0n) is 11.6. The number of ether oxygens (including phenoxy) is 3. The van der Waals surface area contributed by atoms with Crippen LogP contribution in [-0.2, 0) is 14.3 Å². The first kappa shape index (κ1) is 13.0. The zero-order valence-corrected chi connectivity index (χ0v) is 11.6. The molecule has 0 radical (unpaired) electrons. The number of phenols is 1. The highest BCUT2D eigenvalue weighted by molar-refractivity contribution is 5.77. The molecule has 0 saturated carbocycles. The number of carbonyl (C=O) groups is 1. The highest BCUT2D eigenvalue weighted by atomic mass is 16.9. The largest absolute Gasteiger partial charge is 0.508 e. The molecule has 5 heteroatoms. The van der Waals surface area contributed by atoms with E-state index in [9.17, 15) is 9.90 Å². The second kappa shape index (κ2) is 4.24. The quantitative estimate of drug-likeness (QED) is 0.799. The summed E-state index contributed by atoms with van der Waals surface area (Å²) in [5, 5.41) is 9.59. The summed E-state index contributed by atoms with van der Waals surface area (Å²) in [6.45, 7) is 5.15. The van der Waals surface area contributed by atoms with E-state index in [0.717, 1.165) is 16.7 Å². The number of benzene rings is 1. The van der Waals surface area contributed by atoms with E-state index in [1.165, 1.54) is 13.0 Å². The molecule has 0 aliphatic carbocycles. The Balaban J connectivity index is 2.15. The minimum absolute atomic E-state index is 0.0871. The Hall–Kier alpha value is -2.01. The predicted molar refractivity (Wildman–Crippen MR) is 71.0 cm³/mol. The van der Waals surface area contributed by atoms with Gasteiger partial charge in [-0.25, -0.2) is 0 Å². The Morgan fingerprint density at radius 3 is 2.95 bits per heavy atom. The van der Waals surface area contributed by atoms with E-state index in [1.807, 2.05) is 13.8 Å². The summed E-state index contributed by atoms with van der Waals surface area (Å²) in [6.07, 6.45) is 0.529. The van der Waals surface area contributed by atoms with Crippen molar-refractivity contribution in [3.05, 3.63) is 29.3 Å². The van der Waals surface area contributed by atoms with E-state index < -0.39 is 11.9 Å². The summed E-state index contributed by atoms with van der Waals surface area (Å²) < 4.78 is 16.8. The lowest BCUT2D eigenvalue weighted by molar-refractivity contribution is -0.295. The monoisotopic (exact) mass is 276 g/mol. The highest BCUT2D eigenvalue weighted by Crippen LogP contribution is 2.49. The van der Waals surface area contributed by atoms with Gasteiger partial charge in [0.05, 0.1) is 11.7 Å². The minimum atomic E-state index is -1.49. The number of allylic oxidation sites excluding steroid dienone is 1. The minimum Gasteiger partial charge on any atom is -0.508 e. The zero-order chi connectivity index (χ0) is 14.5. The van der Waals surface area contributed by atoms with Crippen molar-refractivity contribution in [2.45, 2.75) is 39.3 Å². The second-order valence-electron chi connectivity index (χ2n) is 5.17. The van der Waals surface area contributed by atoms with Crippen molar-refractivity contribution < 1.29 is 24.1 Å². The van der Waals surface area contributed by atoms with Crippen LogP contribution in [0.3, 0.4) is 0 Å². The van der Waals surface area contributed by atoms with Gasteiger partial charge in [0, 0.05) is 25.0 Å². The van der Waals surface area contributed by atoms with E-state index >= 15 is 0 Å². The van der Waals surface area contributed by atoms with E-state index in [0.29, 0.717) is 12.2 Å². The van der Waals surface area contributed by atoms with Crippen LogP contribution in [0.15, 0.2) is 23.8 Å². The molecule has 5 nitrogen and oxygen atoms in total. The third-order valence-corrected chi connectivity index (χ3v) is 3.56. The van der Waals surface area contributed by atoms with Gasteiger partial charge in [0.2, 0.25) is 0 Å². The van der Waals surface area contributed by atoms with Crippen LogP contribution in [0, 0.1) is 0 Å². The van der Waals surface area contributed by atoms with Crippen molar-refractivity contribution in [3.63, 3.8) is 0 Å². The van der Waals surface area contributed by atoms with Crippen LogP contribution >= 0.6 is 0 Å². The van der Waals surface area contributed by atoms with Gasteiger partial charge in [-0.2, -0.15) is 0 Å². The van der Waals surface area contributed by atoms with Gasteiger partial charge >= 0.3 is 11.9 Å². The average Bonchev–Trinajstić information content (AvgIpc) is 2.64. The summed E-state index contributed by atoms with van der Waals surface area (Å²) >= 11 is 0. The van der Waals surface area contributed by atoms with Gasteiger partial charge < -0.3 is 19.3 Å². The third kappa shape index (κ3) is 1.86. The van der Waals surface area contributed by atoms with Gasteiger partial charge in [-0.15, -0.1) is 0 Å². The molecule has 0 aromatic heterocycles. The normalized spacial score (nSPS) is 27.6. The summed E-state index contributed by atoms with van der Waals surface area (Å²) in [5.74, 6) is -1.44. The number of carbonyl (C=O) groups excluding carboxylic acids is 1. The lowest BCUT2D eigenvalue weighted by Gasteiger charge is -2.34. The topological polar surface area (TPSA) is 65.0 Å². The van der Waals surface area contributed by atoms with Crippen molar-refractivity contribution in [1.29, 1.82) is 0 Å². The van der Waals surface area contributed by atoms with Crippen LogP contribution in [0.1, 0.15) is 32.8 Å². The molecule has 0 amide bonds. The van der Waals surface area contributed by atoms with Crippen LogP contribution in [0.4, 0.5) is 0 Å². The standard InChI is InChI=1S/C15H16O5/c1-8-6-13-9(2)12-5-4-11(17)7-14(12)20-15(13,18-8)19-10(3)16/h4-5,7-8,17H,6H2,1-3H3/t8-,15+/m0/s1. The average molecular weight is 276 g/mol. The molecule has 1 N–H and O–H groups in total. The summed E-state index contributed by atoms with van der Waals surface area (Å²) in [7, 11) is 0. The third-order valence-electron chi connectivity index (χ3n) is 3.56. The van der Waals surface area contributed by atoms with Crippen molar-refractivity contribution in [1.82, 2.24) is 0 Å². The molecule has 106 valence electrons. The molecule has 2 heterocycles. The number of hydrogen-bond donors (Lipinski definition) is 1. The second-order valence-corrected chi connectivity index (χ2v) is 5.17. The van der Waals surface area contributed by atoms with Crippen LogP contribution < -0.4 is 4.74 Å². The van der Waals surface area contributed by atoms with Gasteiger partial charge in [-0.1, -0.05) is 0 Å². The highest BCUT2D eigenvalue weighted by Gasteiger charge is 2.53. The van der Waals surface area contributed by atoms with Crippen LogP contribution in [0.5, 0.6) is 11.5 Å². The van der Waals surface area contributed by atoms with Gasteiger partial charge in [0.1, 0.15) is 11.5 Å². The van der Waals surface area contributed by atoms with E-state index in [4.69, 9.17) is 14.2 Å². The van der Waals surface area contributed by atoms with E-state index in [1.54, 1.807) is 12.1 Å². The molecule has 1 aromatic rings. The van der Waals surface area contributed by atoms with E-state index in [2.05, 4.69) is 0 Å². The van der Waals surface area contributed by atoms with Gasteiger partial charge in [0.25, 0.3) is 0 Å². The molecular formula is C15H16O5. The maximum atomic E-state index is 11.4. The SMILES string of the molecule is CC(=O)O[C@@]12Oc3cc(O)ccc3C(C)=C1C[C@H](C)O2. The Morgan fingerprint density at radius 2 is 2.25 bits per heavy atom. The molecule has 2 aliphatic heterocycles. The number of aromatic hydroxyl groups is 1. The molecule has 0 unspecified atom stereocenters. The van der Waals surface area contributed by atoms with Crippen molar-refractivity contribution in [2.75, 3.05) is 0 Å². The predicted octanol–water partition coefficient (Wildman–Crippen LogP) is 2.58. The number of esters is 1. The van der Waals surface area contributed by atoms with Crippen molar-refractivity contribution in [3.8, 4) is 11.5 Å². The van der Waals surface area contributed by atoms with Crippen LogP contribution in [0.25, 0.3) is 5.57 Å². The molecule has 3 rings (SSSR count). The number of fused-ring (bicyclic) bond motifs is 2. The Bertz CT molecular complexity index is 619. The Kier molecular flexibility index (Phi) is 2.76.